The Morgan fingerprint density at radius 3 is 2.95 bits per heavy atom. The Morgan fingerprint density at radius 1 is 1.48 bits per heavy atom. The number of carbonyl (C=O) groups excluding carboxylic acids is 1. The number of hydrogen-bond acceptors (Lipinski definition) is 5. The van der Waals surface area contributed by atoms with Gasteiger partial charge >= 0.3 is 0 Å². The highest BCUT2D eigenvalue weighted by atomic mass is 32.2. The molecular formula is C14H19N5OS. The molecule has 1 fully saturated rings. The van der Waals surface area contributed by atoms with Gasteiger partial charge in [-0.3, -0.25) is 9.20 Å². The van der Waals surface area contributed by atoms with E-state index in [-0.39, 0.29) is 11.9 Å². The third-order valence-corrected chi connectivity index (χ3v) is 4.64. The van der Waals surface area contributed by atoms with Crippen LogP contribution < -0.4 is 5.32 Å². The Kier molecular flexibility index (Phi) is 3.84. The standard InChI is InChI=1S/C14H19N5OS/c1-8-6-9(2)19-13(15-8)17-18-14(19)21-7-12(20)16-10(3)11-4-5-11/h6,10-11H,4-5,7H2,1-3H3,(H,16,20)/t10-/m1/s1. The van der Waals surface area contributed by atoms with Crippen molar-refractivity contribution in [3.63, 3.8) is 0 Å². The molecule has 2 heterocycles. The van der Waals surface area contributed by atoms with Crippen molar-refractivity contribution in [2.24, 2.45) is 5.92 Å². The Bertz CT molecular complexity index is 679. The van der Waals surface area contributed by atoms with Crippen LogP contribution in [0.4, 0.5) is 0 Å². The van der Waals surface area contributed by atoms with Crippen molar-refractivity contribution in [3.05, 3.63) is 17.5 Å². The SMILES string of the molecule is Cc1cc(C)n2c(SCC(=O)N[C@H](C)C3CC3)nnc2n1. The number of aromatic nitrogens is 4. The zero-order chi connectivity index (χ0) is 15.0. The van der Waals surface area contributed by atoms with Gasteiger partial charge in [0.05, 0.1) is 5.75 Å². The van der Waals surface area contributed by atoms with Gasteiger partial charge in [-0.25, -0.2) is 4.98 Å². The molecular weight excluding hydrogens is 286 g/mol. The van der Waals surface area contributed by atoms with Crippen LogP contribution >= 0.6 is 11.8 Å². The predicted molar refractivity (Wildman–Crippen MR) is 81.3 cm³/mol. The summed E-state index contributed by atoms with van der Waals surface area (Å²) in [5, 5.41) is 12.0. The van der Waals surface area contributed by atoms with Gasteiger partial charge in [0, 0.05) is 17.4 Å². The second-order valence-corrected chi connectivity index (χ2v) is 6.58. The van der Waals surface area contributed by atoms with E-state index in [1.807, 2.05) is 24.3 Å². The Hall–Kier alpha value is -1.63. The number of amides is 1. The van der Waals surface area contributed by atoms with Crippen molar-refractivity contribution in [1.29, 1.82) is 0 Å². The average Bonchev–Trinajstić information content (AvgIpc) is 3.18. The van der Waals surface area contributed by atoms with Crippen LogP contribution in [0.5, 0.6) is 0 Å². The fourth-order valence-corrected chi connectivity index (χ4v) is 3.23. The van der Waals surface area contributed by atoms with Crippen molar-refractivity contribution in [1.82, 2.24) is 24.9 Å². The first-order valence-electron chi connectivity index (χ1n) is 7.16. The minimum Gasteiger partial charge on any atom is -0.353 e. The van der Waals surface area contributed by atoms with E-state index in [1.54, 1.807) is 0 Å². The van der Waals surface area contributed by atoms with Crippen molar-refractivity contribution in [2.75, 3.05) is 5.75 Å². The molecule has 1 aliphatic rings. The maximum absolute atomic E-state index is 12.0. The molecule has 0 spiro atoms. The van der Waals surface area contributed by atoms with E-state index in [1.165, 1.54) is 24.6 Å². The molecule has 0 bridgehead atoms. The number of thioether (sulfide) groups is 1. The minimum atomic E-state index is 0.0499. The first kappa shape index (κ1) is 14.3. The molecule has 0 unspecified atom stereocenters. The first-order chi connectivity index (χ1) is 10.0. The lowest BCUT2D eigenvalue weighted by molar-refractivity contribution is -0.119. The van der Waals surface area contributed by atoms with Crippen molar-refractivity contribution in [2.45, 2.75) is 44.8 Å². The summed E-state index contributed by atoms with van der Waals surface area (Å²) in [5.41, 5.74) is 1.94. The number of nitrogens with one attached hydrogen (secondary N) is 1. The van der Waals surface area contributed by atoms with E-state index in [0.717, 1.165) is 11.4 Å². The fraction of sp³-hybridized carbons (Fsp3) is 0.571. The fourth-order valence-electron chi connectivity index (χ4n) is 2.43. The maximum Gasteiger partial charge on any atom is 0.256 e. The largest absolute Gasteiger partial charge is 0.353 e. The van der Waals surface area contributed by atoms with Gasteiger partial charge in [-0.2, -0.15) is 0 Å². The number of aryl methyl sites for hydroxylation is 2. The Labute approximate surface area is 127 Å². The molecule has 1 saturated carbocycles. The summed E-state index contributed by atoms with van der Waals surface area (Å²) in [5.74, 6) is 1.66. The van der Waals surface area contributed by atoms with Crippen LogP contribution in [0.25, 0.3) is 5.78 Å². The molecule has 21 heavy (non-hydrogen) atoms. The second kappa shape index (κ2) is 5.63. The van der Waals surface area contributed by atoms with Gasteiger partial charge in [-0.1, -0.05) is 11.8 Å². The monoisotopic (exact) mass is 305 g/mol. The summed E-state index contributed by atoms with van der Waals surface area (Å²) < 4.78 is 1.88. The lowest BCUT2D eigenvalue weighted by Gasteiger charge is -2.12. The van der Waals surface area contributed by atoms with E-state index in [0.29, 0.717) is 22.6 Å². The van der Waals surface area contributed by atoms with Crippen LogP contribution in [0.3, 0.4) is 0 Å². The van der Waals surface area contributed by atoms with Gasteiger partial charge in [-0.15, -0.1) is 10.2 Å². The highest BCUT2D eigenvalue weighted by Gasteiger charge is 2.28. The summed E-state index contributed by atoms with van der Waals surface area (Å²) in [6, 6.07) is 2.26. The molecule has 0 saturated heterocycles. The van der Waals surface area contributed by atoms with Gasteiger partial charge < -0.3 is 5.32 Å². The molecule has 0 aliphatic heterocycles. The molecule has 2 aromatic heterocycles. The van der Waals surface area contributed by atoms with E-state index >= 15 is 0 Å². The molecule has 3 rings (SSSR count). The zero-order valence-corrected chi connectivity index (χ0v) is 13.3. The van der Waals surface area contributed by atoms with Gasteiger partial charge in [-0.05, 0) is 45.6 Å². The zero-order valence-electron chi connectivity index (χ0n) is 12.5. The van der Waals surface area contributed by atoms with E-state index in [9.17, 15) is 4.79 Å². The Morgan fingerprint density at radius 2 is 2.24 bits per heavy atom. The second-order valence-electron chi connectivity index (χ2n) is 5.64. The highest BCUT2D eigenvalue weighted by molar-refractivity contribution is 7.99. The average molecular weight is 305 g/mol. The van der Waals surface area contributed by atoms with Crippen molar-refractivity contribution >= 4 is 23.4 Å². The van der Waals surface area contributed by atoms with Crippen molar-refractivity contribution < 1.29 is 4.79 Å². The summed E-state index contributed by atoms with van der Waals surface area (Å²) in [7, 11) is 0. The molecule has 7 heteroatoms. The summed E-state index contributed by atoms with van der Waals surface area (Å²) in [6.07, 6.45) is 2.46. The smallest absolute Gasteiger partial charge is 0.256 e. The highest BCUT2D eigenvalue weighted by Crippen LogP contribution is 2.32. The van der Waals surface area contributed by atoms with Crippen LogP contribution in [0, 0.1) is 19.8 Å². The molecule has 2 aromatic rings. The number of nitrogens with zero attached hydrogens (tertiary/aromatic N) is 4. The van der Waals surface area contributed by atoms with Gasteiger partial charge in [0.15, 0.2) is 5.16 Å². The topological polar surface area (TPSA) is 72.2 Å². The third kappa shape index (κ3) is 3.18. The van der Waals surface area contributed by atoms with Gasteiger partial charge in [0.1, 0.15) is 0 Å². The molecule has 1 amide bonds. The Balaban J connectivity index is 1.66. The number of carbonyl (C=O) groups is 1. The lowest BCUT2D eigenvalue weighted by Crippen LogP contribution is -2.35. The van der Waals surface area contributed by atoms with Gasteiger partial charge in [0.2, 0.25) is 5.91 Å². The van der Waals surface area contributed by atoms with Crippen LogP contribution in [0.2, 0.25) is 0 Å². The summed E-state index contributed by atoms with van der Waals surface area (Å²) in [4.78, 5) is 16.3. The summed E-state index contributed by atoms with van der Waals surface area (Å²) in [6.45, 7) is 6.00. The minimum absolute atomic E-state index is 0.0499. The molecule has 1 aliphatic carbocycles. The normalized spacial score (nSPS) is 16.1. The quantitative estimate of drug-likeness (QED) is 0.852. The summed E-state index contributed by atoms with van der Waals surface area (Å²) >= 11 is 1.40. The molecule has 1 atom stereocenters. The molecule has 0 radical (unpaired) electrons. The number of hydrogen-bond donors (Lipinski definition) is 1. The molecule has 0 aromatic carbocycles. The maximum atomic E-state index is 12.0. The number of rotatable bonds is 5. The van der Waals surface area contributed by atoms with E-state index < -0.39 is 0 Å². The van der Waals surface area contributed by atoms with Crippen LogP contribution in [-0.4, -0.2) is 37.3 Å². The van der Waals surface area contributed by atoms with E-state index in [2.05, 4.69) is 27.4 Å². The third-order valence-electron chi connectivity index (χ3n) is 3.71. The van der Waals surface area contributed by atoms with Gasteiger partial charge in [0.25, 0.3) is 5.78 Å². The van der Waals surface area contributed by atoms with Crippen LogP contribution in [-0.2, 0) is 4.79 Å². The predicted octanol–water partition coefficient (Wildman–Crippen LogP) is 1.75. The van der Waals surface area contributed by atoms with Crippen LogP contribution in [0.15, 0.2) is 11.2 Å². The molecule has 112 valence electrons. The van der Waals surface area contributed by atoms with Crippen molar-refractivity contribution in [3.8, 4) is 0 Å². The number of fused-ring (bicyclic) bond motifs is 1. The first-order valence-corrected chi connectivity index (χ1v) is 8.14. The molecule has 6 nitrogen and oxygen atoms in total. The van der Waals surface area contributed by atoms with E-state index in [4.69, 9.17) is 0 Å². The van der Waals surface area contributed by atoms with Crippen LogP contribution in [0.1, 0.15) is 31.2 Å². The lowest BCUT2D eigenvalue weighted by atomic mass is 10.2. The molecule has 1 N–H and O–H groups in total.